The van der Waals surface area contributed by atoms with E-state index in [-0.39, 0.29) is 6.04 Å². The van der Waals surface area contributed by atoms with Crippen LogP contribution in [0.3, 0.4) is 0 Å². The minimum Gasteiger partial charge on any atom is -0.480 e. The zero-order valence-corrected chi connectivity index (χ0v) is 10.5. The van der Waals surface area contributed by atoms with Gasteiger partial charge in [-0.05, 0) is 38.4 Å². The molecule has 0 aromatic carbocycles. The second-order valence-corrected chi connectivity index (χ2v) is 4.94. The number of rotatable bonds is 3. The van der Waals surface area contributed by atoms with Crippen LogP contribution in [-0.4, -0.2) is 40.1 Å². The van der Waals surface area contributed by atoms with Crippen LogP contribution in [0.1, 0.15) is 25.5 Å². The number of nitrogens with zero attached hydrogens (tertiary/aromatic N) is 2. The highest BCUT2D eigenvalue weighted by Crippen LogP contribution is 2.29. The molecule has 3 N–H and O–H groups in total. The van der Waals surface area contributed by atoms with Gasteiger partial charge in [-0.15, -0.1) is 0 Å². The maximum atomic E-state index is 11.7. The smallest absolute Gasteiger partial charge is 0.330 e. The van der Waals surface area contributed by atoms with E-state index in [1.54, 1.807) is 25.3 Å². The van der Waals surface area contributed by atoms with Crippen molar-refractivity contribution in [2.24, 2.45) is 5.73 Å². The van der Waals surface area contributed by atoms with E-state index < -0.39 is 11.5 Å². The molecule has 2 atom stereocenters. The number of carboxylic acid groups (broad SMARTS) is 1. The van der Waals surface area contributed by atoms with Crippen LogP contribution in [0.5, 0.6) is 0 Å². The Hall–Kier alpha value is -1.46. The Morgan fingerprint density at radius 3 is 2.94 bits per heavy atom. The minimum atomic E-state index is -1.10. The topological polar surface area (TPSA) is 79.5 Å². The average molecular weight is 249 g/mol. The van der Waals surface area contributed by atoms with Crippen LogP contribution in [0.2, 0.25) is 0 Å². The van der Waals surface area contributed by atoms with E-state index in [1.165, 1.54) is 0 Å². The van der Waals surface area contributed by atoms with E-state index >= 15 is 0 Å². The number of nitrogens with two attached hydrogens (primary N) is 1. The maximum absolute atomic E-state index is 11.7. The van der Waals surface area contributed by atoms with Gasteiger partial charge in [0, 0.05) is 18.8 Å². The number of pyridine rings is 1. The highest BCUT2D eigenvalue weighted by molar-refractivity contribution is 5.79. The van der Waals surface area contributed by atoms with Gasteiger partial charge in [-0.3, -0.25) is 9.88 Å². The van der Waals surface area contributed by atoms with E-state index in [4.69, 9.17) is 5.73 Å². The number of carboxylic acids is 1. The zero-order valence-electron chi connectivity index (χ0n) is 10.5. The van der Waals surface area contributed by atoms with Gasteiger partial charge in [-0.2, -0.15) is 0 Å². The number of aliphatic carboxylic acids is 1. The maximum Gasteiger partial charge on any atom is 0.330 e. The van der Waals surface area contributed by atoms with Crippen LogP contribution in [0.15, 0.2) is 24.4 Å². The van der Waals surface area contributed by atoms with Gasteiger partial charge in [-0.25, -0.2) is 4.79 Å². The Labute approximate surface area is 107 Å². The lowest BCUT2D eigenvalue weighted by Crippen LogP contribution is -2.56. The SMILES string of the molecule is CC(C(=O)O)(c1ccccn1)N1CCCC(N)C1. The number of hydrogen-bond acceptors (Lipinski definition) is 4. The molecule has 0 saturated carbocycles. The molecular weight excluding hydrogens is 230 g/mol. The summed E-state index contributed by atoms with van der Waals surface area (Å²) in [5, 5.41) is 9.60. The number of likely N-dealkylation sites (tertiary alicyclic amines) is 1. The molecule has 1 aliphatic rings. The minimum absolute atomic E-state index is 0.0427. The van der Waals surface area contributed by atoms with Crippen LogP contribution < -0.4 is 5.73 Å². The Balaban J connectivity index is 2.35. The summed E-state index contributed by atoms with van der Waals surface area (Å²) < 4.78 is 0. The monoisotopic (exact) mass is 249 g/mol. The van der Waals surface area contributed by atoms with E-state index in [0.717, 1.165) is 19.4 Å². The Morgan fingerprint density at radius 2 is 2.39 bits per heavy atom. The summed E-state index contributed by atoms with van der Waals surface area (Å²) in [6, 6.07) is 5.40. The van der Waals surface area contributed by atoms with Crippen molar-refractivity contribution >= 4 is 5.97 Å². The predicted molar refractivity (Wildman–Crippen MR) is 68.0 cm³/mol. The average Bonchev–Trinajstić information content (AvgIpc) is 2.38. The van der Waals surface area contributed by atoms with Gasteiger partial charge in [-0.1, -0.05) is 6.07 Å². The second kappa shape index (κ2) is 5.04. The highest BCUT2D eigenvalue weighted by Gasteiger charge is 2.43. The lowest BCUT2D eigenvalue weighted by atomic mass is 9.91. The van der Waals surface area contributed by atoms with Gasteiger partial charge in [0.15, 0.2) is 5.54 Å². The summed E-state index contributed by atoms with van der Waals surface area (Å²) >= 11 is 0. The fourth-order valence-electron chi connectivity index (χ4n) is 2.47. The normalized spacial score (nSPS) is 24.4. The molecule has 5 heteroatoms. The molecule has 5 nitrogen and oxygen atoms in total. The van der Waals surface area contributed by atoms with Crippen molar-refractivity contribution < 1.29 is 9.90 Å². The third-order valence-electron chi connectivity index (χ3n) is 3.67. The van der Waals surface area contributed by atoms with Crippen LogP contribution >= 0.6 is 0 Å². The van der Waals surface area contributed by atoms with Crippen molar-refractivity contribution in [1.82, 2.24) is 9.88 Å². The van der Waals surface area contributed by atoms with Crippen LogP contribution in [0.25, 0.3) is 0 Å². The third kappa shape index (κ3) is 2.23. The van der Waals surface area contributed by atoms with E-state index in [1.807, 2.05) is 11.0 Å². The Bertz CT molecular complexity index is 424. The first-order chi connectivity index (χ1) is 8.55. The van der Waals surface area contributed by atoms with Crippen LogP contribution in [0, 0.1) is 0 Å². The van der Waals surface area contributed by atoms with Crippen LogP contribution in [-0.2, 0) is 10.3 Å². The molecule has 1 fully saturated rings. The number of hydrogen-bond donors (Lipinski definition) is 2. The molecular formula is C13H19N3O2. The van der Waals surface area contributed by atoms with Gasteiger partial charge in [0.2, 0.25) is 0 Å². The van der Waals surface area contributed by atoms with Gasteiger partial charge >= 0.3 is 5.97 Å². The van der Waals surface area contributed by atoms with Gasteiger partial charge in [0.25, 0.3) is 0 Å². The molecule has 2 rings (SSSR count). The first-order valence-corrected chi connectivity index (χ1v) is 6.20. The number of carbonyl (C=O) groups is 1. The summed E-state index contributed by atoms with van der Waals surface area (Å²) in [5.74, 6) is -0.879. The third-order valence-corrected chi connectivity index (χ3v) is 3.67. The lowest BCUT2D eigenvalue weighted by molar-refractivity contribution is -0.152. The molecule has 2 unspecified atom stereocenters. The van der Waals surface area contributed by atoms with Crippen molar-refractivity contribution in [3.63, 3.8) is 0 Å². The number of aromatic nitrogens is 1. The van der Waals surface area contributed by atoms with E-state index in [9.17, 15) is 9.90 Å². The zero-order chi connectivity index (χ0) is 13.2. The first kappa shape index (κ1) is 13.0. The molecule has 18 heavy (non-hydrogen) atoms. The quantitative estimate of drug-likeness (QED) is 0.828. The van der Waals surface area contributed by atoms with Crippen molar-refractivity contribution in [3.8, 4) is 0 Å². The van der Waals surface area contributed by atoms with E-state index in [2.05, 4.69) is 4.98 Å². The van der Waals surface area contributed by atoms with Crippen molar-refractivity contribution in [2.45, 2.75) is 31.3 Å². The molecule has 1 aromatic rings. The summed E-state index contributed by atoms with van der Waals surface area (Å²) in [7, 11) is 0. The second-order valence-electron chi connectivity index (χ2n) is 4.94. The summed E-state index contributed by atoms with van der Waals surface area (Å²) in [6.07, 6.45) is 3.51. The predicted octanol–water partition coefficient (Wildman–Crippen LogP) is 0.805. The molecule has 0 spiro atoms. The summed E-state index contributed by atoms with van der Waals surface area (Å²) in [6.45, 7) is 3.04. The lowest BCUT2D eigenvalue weighted by Gasteiger charge is -2.41. The fourth-order valence-corrected chi connectivity index (χ4v) is 2.47. The van der Waals surface area contributed by atoms with Crippen LogP contribution in [0.4, 0.5) is 0 Å². The fraction of sp³-hybridized carbons (Fsp3) is 0.538. The molecule has 0 bridgehead atoms. The standard InChI is InChI=1S/C13H19N3O2/c1-13(12(17)18,11-6-2-3-7-15-11)16-8-4-5-10(14)9-16/h2-3,6-7,10H,4-5,8-9,14H2,1H3,(H,17,18). The molecule has 2 heterocycles. The largest absolute Gasteiger partial charge is 0.480 e. The molecule has 1 aliphatic heterocycles. The van der Waals surface area contributed by atoms with Crippen molar-refractivity contribution in [3.05, 3.63) is 30.1 Å². The highest BCUT2D eigenvalue weighted by atomic mass is 16.4. The Morgan fingerprint density at radius 1 is 1.61 bits per heavy atom. The van der Waals surface area contributed by atoms with Gasteiger partial charge in [0.05, 0.1) is 5.69 Å². The van der Waals surface area contributed by atoms with Gasteiger partial charge < -0.3 is 10.8 Å². The molecule has 0 aliphatic carbocycles. The molecule has 1 aromatic heterocycles. The molecule has 98 valence electrons. The van der Waals surface area contributed by atoms with Crippen molar-refractivity contribution in [2.75, 3.05) is 13.1 Å². The molecule has 1 saturated heterocycles. The summed E-state index contributed by atoms with van der Waals surface area (Å²) in [4.78, 5) is 17.8. The van der Waals surface area contributed by atoms with Crippen molar-refractivity contribution in [1.29, 1.82) is 0 Å². The molecule has 0 radical (unpaired) electrons. The van der Waals surface area contributed by atoms with E-state index in [0.29, 0.717) is 12.2 Å². The number of piperidine rings is 1. The first-order valence-electron chi connectivity index (χ1n) is 6.20. The Kier molecular flexibility index (Phi) is 3.63. The van der Waals surface area contributed by atoms with Gasteiger partial charge in [0.1, 0.15) is 0 Å². The molecule has 0 amide bonds. The summed E-state index contributed by atoms with van der Waals surface area (Å²) in [5.41, 5.74) is 5.41.